The topological polar surface area (TPSA) is 49.3 Å². The molecule has 0 spiro atoms. The molecule has 4 rings (SSSR count). The number of aromatic nitrogens is 2. The molecule has 0 N–H and O–H groups in total. The minimum atomic E-state index is 0.0179. The fourth-order valence-corrected chi connectivity index (χ4v) is 3.44. The highest BCUT2D eigenvalue weighted by molar-refractivity contribution is 7.07. The third kappa shape index (κ3) is 2.70. The minimum absolute atomic E-state index is 0.0179. The molecule has 2 aromatic rings. The summed E-state index contributed by atoms with van der Waals surface area (Å²) < 4.78 is 0. The largest absolute Gasteiger partial charge is 0.354 e. The van der Waals surface area contributed by atoms with Crippen LogP contribution >= 0.6 is 11.3 Å². The molecule has 5 nitrogen and oxygen atoms in total. The predicted molar refractivity (Wildman–Crippen MR) is 86.0 cm³/mol. The van der Waals surface area contributed by atoms with Crippen LogP contribution in [0, 0.1) is 5.92 Å². The number of fused-ring (bicyclic) bond motifs is 1. The molecule has 0 aromatic carbocycles. The van der Waals surface area contributed by atoms with E-state index >= 15 is 0 Å². The first-order chi connectivity index (χ1) is 10.8. The molecule has 6 heteroatoms. The van der Waals surface area contributed by atoms with E-state index in [4.69, 9.17) is 0 Å². The maximum Gasteiger partial charge on any atom is 0.273 e. The van der Waals surface area contributed by atoms with E-state index in [0.717, 1.165) is 36.9 Å². The van der Waals surface area contributed by atoms with E-state index in [1.807, 2.05) is 22.5 Å². The SMILES string of the molecule is O=C(c1cscn1)N1CCN(CC2CC2)c2ncccc2C1. The van der Waals surface area contributed by atoms with Gasteiger partial charge in [0.1, 0.15) is 11.5 Å². The van der Waals surface area contributed by atoms with E-state index in [1.165, 1.54) is 24.2 Å². The number of thiazole rings is 1. The zero-order valence-electron chi connectivity index (χ0n) is 12.3. The summed E-state index contributed by atoms with van der Waals surface area (Å²) in [6.07, 6.45) is 4.48. The van der Waals surface area contributed by atoms with E-state index < -0.39 is 0 Å². The average molecular weight is 314 g/mol. The lowest BCUT2D eigenvalue weighted by Crippen LogP contribution is -2.36. The van der Waals surface area contributed by atoms with Crippen molar-refractivity contribution in [2.75, 3.05) is 24.5 Å². The third-order valence-corrected chi connectivity index (χ3v) is 4.87. The molecule has 0 radical (unpaired) electrons. The molecule has 0 unspecified atom stereocenters. The van der Waals surface area contributed by atoms with Crippen molar-refractivity contribution in [1.29, 1.82) is 0 Å². The third-order valence-electron chi connectivity index (χ3n) is 4.28. The van der Waals surface area contributed by atoms with Crippen LogP contribution in [0.5, 0.6) is 0 Å². The summed E-state index contributed by atoms with van der Waals surface area (Å²) in [7, 11) is 0. The Morgan fingerprint density at radius 3 is 3.00 bits per heavy atom. The van der Waals surface area contributed by atoms with Gasteiger partial charge in [-0.05, 0) is 24.8 Å². The highest BCUT2D eigenvalue weighted by Crippen LogP contribution is 2.32. The first-order valence-electron chi connectivity index (χ1n) is 7.67. The molecule has 2 aliphatic rings. The van der Waals surface area contributed by atoms with Gasteiger partial charge in [-0.15, -0.1) is 11.3 Å². The number of nitrogens with zero attached hydrogens (tertiary/aromatic N) is 4. The monoisotopic (exact) mass is 314 g/mol. The smallest absolute Gasteiger partial charge is 0.273 e. The first kappa shape index (κ1) is 13.7. The summed E-state index contributed by atoms with van der Waals surface area (Å²) in [6.45, 7) is 3.24. The maximum absolute atomic E-state index is 12.6. The van der Waals surface area contributed by atoms with E-state index in [9.17, 15) is 4.79 Å². The van der Waals surface area contributed by atoms with Gasteiger partial charge in [-0.3, -0.25) is 4.79 Å². The molecular weight excluding hydrogens is 296 g/mol. The highest BCUT2D eigenvalue weighted by Gasteiger charge is 2.29. The second kappa shape index (κ2) is 5.68. The zero-order chi connectivity index (χ0) is 14.9. The Bertz CT molecular complexity index is 669. The van der Waals surface area contributed by atoms with Crippen molar-refractivity contribution < 1.29 is 4.79 Å². The summed E-state index contributed by atoms with van der Waals surface area (Å²) in [5.74, 6) is 1.86. The molecule has 1 aliphatic carbocycles. The normalized spacial score (nSPS) is 18.0. The number of amides is 1. The van der Waals surface area contributed by atoms with Gasteiger partial charge in [0.15, 0.2) is 0 Å². The van der Waals surface area contributed by atoms with Crippen LogP contribution in [-0.4, -0.2) is 40.4 Å². The summed E-state index contributed by atoms with van der Waals surface area (Å²) in [4.78, 5) is 25.6. The lowest BCUT2D eigenvalue weighted by atomic mass is 10.2. The van der Waals surface area contributed by atoms with Crippen molar-refractivity contribution in [2.24, 2.45) is 5.92 Å². The standard InChI is InChI=1S/C16H18N4OS/c21-16(14-10-22-11-18-14)20-7-6-19(8-12-3-4-12)15-13(9-20)2-1-5-17-15/h1-2,5,10-12H,3-4,6-9H2. The second-order valence-corrected chi connectivity index (χ2v) is 6.69. The Kier molecular flexibility index (Phi) is 3.54. The van der Waals surface area contributed by atoms with Gasteiger partial charge in [-0.25, -0.2) is 9.97 Å². The number of rotatable bonds is 3. The van der Waals surface area contributed by atoms with Crippen molar-refractivity contribution in [3.05, 3.63) is 40.5 Å². The van der Waals surface area contributed by atoms with Gasteiger partial charge in [0.05, 0.1) is 5.51 Å². The van der Waals surface area contributed by atoms with Gasteiger partial charge in [0.2, 0.25) is 0 Å². The van der Waals surface area contributed by atoms with Crippen LogP contribution in [0.25, 0.3) is 0 Å². The predicted octanol–water partition coefficient (Wildman–Crippen LogP) is 2.41. The Morgan fingerprint density at radius 2 is 2.23 bits per heavy atom. The van der Waals surface area contributed by atoms with Crippen molar-refractivity contribution in [2.45, 2.75) is 19.4 Å². The van der Waals surface area contributed by atoms with Crippen molar-refractivity contribution in [1.82, 2.24) is 14.9 Å². The van der Waals surface area contributed by atoms with Gasteiger partial charge < -0.3 is 9.80 Å². The minimum Gasteiger partial charge on any atom is -0.354 e. The van der Waals surface area contributed by atoms with E-state index in [2.05, 4.69) is 20.9 Å². The summed E-state index contributed by atoms with van der Waals surface area (Å²) in [5, 5.41) is 1.82. The summed E-state index contributed by atoms with van der Waals surface area (Å²) in [5.41, 5.74) is 3.38. The van der Waals surface area contributed by atoms with Crippen LogP contribution in [-0.2, 0) is 6.54 Å². The van der Waals surface area contributed by atoms with Crippen LogP contribution in [0.15, 0.2) is 29.2 Å². The quantitative estimate of drug-likeness (QED) is 0.873. The fourth-order valence-electron chi connectivity index (χ4n) is 2.91. The Hall–Kier alpha value is -1.95. The van der Waals surface area contributed by atoms with Crippen LogP contribution in [0.2, 0.25) is 0 Å². The molecule has 3 heterocycles. The Labute approximate surface area is 133 Å². The molecule has 2 aromatic heterocycles. The summed E-state index contributed by atoms with van der Waals surface area (Å²) in [6, 6.07) is 4.03. The molecule has 1 amide bonds. The molecule has 114 valence electrons. The van der Waals surface area contributed by atoms with E-state index in [1.54, 1.807) is 5.51 Å². The van der Waals surface area contributed by atoms with Crippen molar-refractivity contribution in [3.8, 4) is 0 Å². The van der Waals surface area contributed by atoms with Crippen molar-refractivity contribution >= 4 is 23.1 Å². The first-order valence-corrected chi connectivity index (χ1v) is 8.62. The lowest BCUT2D eigenvalue weighted by molar-refractivity contribution is 0.0746. The number of anilines is 1. The average Bonchev–Trinajstić information content (AvgIpc) is 3.24. The van der Waals surface area contributed by atoms with Gasteiger partial charge in [0.25, 0.3) is 5.91 Å². The lowest BCUT2D eigenvalue weighted by Gasteiger charge is -2.23. The fraction of sp³-hybridized carbons (Fsp3) is 0.438. The number of hydrogen-bond donors (Lipinski definition) is 0. The number of pyridine rings is 1. The Morgan fingerprint density at radius 1 is 1.32 bits per heavy atom. The van der Waals surface area contributed by atoms with E-state index in [-0.39, 0.29) is 5.91 Å². The van der Waals surface area contributed by atoms with Crippen LogP contribution in [0.4, 0.5) is 5.82 Å². The van der Waals surface area contributed by atoms with Crippen LogP contribution < -0.4 is 4.90 Å². The molecule has 22 heavy (non-hydrogen) atoms. The molecule has 1 saturated carbocycles. The van der Waals surface area contributed by atoms with Gasteiger partial charge in [0, 0.05) is 43.3 Å². The second-order valence-electron chi connectivity index (χ2n) is 5.98. The number of hydrogen-bond acceptors (Lipinski definition) is 5. The molecule has 0 saturated heterocycles. The van der Waals surface area contributed by atoms with Gasteiger partial charge >= 0.3 is 0 Å². The molecular formula is C16H18N4OS. The number of carbonyl (C=O) groups is 1. The number of carbonyl (C=O) groups excluding carboxylic acids is 1. The zero-order valence-corrected chi connectivity index (χ0v) is 13.1. The van der Waals surface area contributed by atoms with Gasteiger partial charge in [-0.2, -0.15) is 0 Å². The highest BCUT2D eigenvalue weighted by atomic mass is 32.1. The molecule has 1 aliphatic heterocycles. The van der Waals surface area contributed by atoms with Crippen LogP contribution in [0.1, 0.15) is 28.9 Å². The van der Waals surface area contributed by atoms with Crippen molar-refractivity contribution in [3.63, 3.8) is 0 Å². The van der Waals surface area contributed by atoms with E-state index in [0.29, 0.717) is 12.2 Å². The Balaban J connectivity index is 1.60. The molecule has 0 bridgehead atoms. The molecule has 0 atom stereocenters. The molecule has 1 fully saturated rings. The van der Waals surface area contributed by atoms with Gasteiger partial charge in [-0.1, -0.05) is 6.07 Å². The van der Waals surface area contributed by atoms with Crippen LogP contribution in [0.3, 0.4) is 0 Å². The summed E-state index contributed by atoms with van der Waals surface area (Å²) >= 11 is 1.46. The maximum atomic E-state index is 12.6.